The molecule has 15 heavy (non-hydrogen) atoms. The second kappa shape index (κ2) is 6.86. The summed E-state index contributed by atoms with van der Waals surface area (Å²) in [7, 11) is 0. The molecule has 86 valence electrons. The maximum absolute atomic E-state index is 11.5. The van der Waals surface area contributed by atoms with Gasteiger partial charge in [-0.1, -0.05) is 6.08 Å². The molecule has 0 aromatic carbocycles. The van der Waals surface area contributed by atoms with E-state index in [2.05, 4.69) is 11.9 Å². The van der Waals surface area contributed by atoms with Gasteiger partial charge in [-0.25, -0.2) is 4.79 Å². The molecule has 1 unspecified atom stereocenters. The van der Waals surface area contributed by atoms with Gasteiger partial charge < -0.3 is 15.3 Å². The number of rotatable bonds is 6. The summed E-state index contributed by atoms with van der Waals surface area (Å²) in [5, 5.41) is 11.2. The van der Waals surface area contributed by atoms with E-state index in [0.717, 1.165) is 0 Å². The van der Waals surface area contributed by atoms with Gasteiger partial charge in [0.25, 0.3) is 0 Å². The van der Waals surface area contributed by atoms with Crippen molar-refractivity contribution in [3.05, 3.63) is 12.7 Å². The first-order valence-electron chi connectivity index (χ1n) is 4.90. The molecule has 5 heteroatoms. The normalized spacial score (nSPS) is 11.6. The molecule has 0 aliphatic heterocycles. The number of carboxylic acids is 1. The molecule has 0 spiro atoms. The predicted octanol–water partition coefficient (Wildman–Crippen LogP) is 1.07. The average molecular weight is 214 g/mol. The molecule has 2 N–H and O–H groups in total. The summed E-state index contributed by atoms with van der Waals surface area (Å²) in [5.41, 5.74) is 0. The molecule has 0 saturated heterocycles. The topological polar surface area (TPSA) is 69.6 Å². The van der Waals surface area contributed by atoms with Gasteiger partial charge >= 0.3 is 12.0 Å². The van der Waals surface area contributed by atoms with E-state index in [0.29, 0.717) is 13.1 Å². The van der Waals surface area contributed by atoms with Crippen LogP contribution in [0.5, 0.6) is 0 Å². The van der Waals surface area contributed by atoms with Gasteiger partial charge in [-0.15, -0.1) is 6.58 Å². The number of aliphatic carboxylic acids is 1. The fourth-order valence-corrected chi connectivity index (χ4v) is 1.28. The zero-order valence-corrected chi connectivity index (χ0v) is 9.19. The molecular formula is C10H18N2O3. The lowest BCUT2D eigenvalue weighted by atomic mass is 10.2. The highest BCUT2D eigenvalue weighted by Gasteiger charge is 2.19. The molecule has 1 atom stereocenters. The number of nitrogens with one attached hydrogen (secondary N) is 1. The first-order chi connectivity index (χ1) is 7.02. The lowest BCUT2D eigenvalue weighted by molar-refractivity contribution is -0.138. The Bertz CT molecular complexity index is 241. The number of urea groups is 1. The minimum Gasteiger partial charge on any atom is -0.481 e. The van der Waals surface area contributed by atoms with Crippen LogP contribution < -0.4 is 5.32 Å². The zero-order chi connectivity index (χ0) is 11.8. The summed E-state index contributed by atoms with van der Waals surface area (Å²) in [6, 6.07) is -0.566. The molecule has 0 bridgehead atoms. The Morgan fingerprint density at radius 3 is 2.60 bits per heavy atom. The molecule has 0 saturated carbocycles. The largest absolute Gasteiger partial charge is 0.481 e. The number of hydrogen-bond acceptors (Lipinski definition) is 2. The van der Waals surface area contributed by atoms with Crippen LogP contribution in [0.25, 0.3) is 0 Å². The molecule has 0 aromatic heterocycles. The van der Waals surface area contributed by atoms with Crippen molar-refractivity contribution in [1.29, 1.82) is 0 Å². The summed E-state index contributed by atoms with van der Waals surface area (Å²) in [4.78, 5) is 23.5. The number of hydrogen-bond donors (Lipinski definition) is 2. The number of carboxylic acid groups (broad SMARTS) is 1. The van der Waals surface area contributed by atoms with Gasteiger partial charge in [-0.05, 0) is 13.8 Å². The molecule has 5 nitrogen and oxygen atoms in total. The van der Waals surface area contributed by atoms with Gasteiger partial charge in [0.2, 0.25) is 0 Å². The van der Waals surface area contributed by atoms with Crippen LogP contribution in [-0.2, 0) is 4.79 Å². The Kier molecular flexibility index (Phi) is 6.17. The third kappa shape index (κ3) is 5.05. The van der Waals surface area contributed by atoms with Crippen LogP contribution >= 0.6 is 0 Å². The van der Waals surface area contributed by atoms with Crippen molar-refractivity contribution in [3.63, 3.8) is 0 Å². The second-order valence-electron chi connectivity index (χ2n) is 3.21. The number of amides is 2. The van der Waals surface area contributed by atoms with Crippen LogP contribution in [0.2, 0.25) is 0 Å². The minimum atomic E-state index is -0.905. The highest BCUT2D eigenvalue weighted by molar-refractivity contribution is 5.76. The first kappa shape index (κ1) is 13.5. The molecule has 0 aromatic rings. The van der Waals surface area contributed by atoms with Gasteiger partial charge in [0.15, 0.2) is 0 Å². The van der Waals surface area contributed by atoms with E-state index < -0.39 is 5.97 Å². The fourth-order valence-electron chi connectivity index (χ4n) is 1.28. The van der Waals surface area contributed by atoms with E-state index in [1.54, 1.807) is 13.0 Å². The van der Waals surface area contributed by atoms with Gasteiger partial charge in [0, 0.05) is 19.1 Å². The Labute approximate surface area is 89.8 Å². The molecule has 0 rings (SSSR count). The predicted molar refractivity (Wildman–Crippen MR) is 57.7 cm³/mol. The Hall–Kier alpha value is -1.52. The standard InChI is InChI=1S/C10H18N2O3/c1-4-6-11-10(15)12(5-2)8(3)7-9(13)14/h4,8H,1,5-7H2,2-3H3,(H,11,15)(H,13,14). The fraction of sp³-hybridized carbons (Fsp3) is 0.600. The van der Waals surface area contributed by atoms with E-state index in [1.165, 1.54) is 4.90 Å². The van der Waals surface area contributed by atoms with Gasteiger partial charge in [0.1, 0.15) is 0 Å². The SMILES string of the molecule is C=CCNC(=O)N(CC)C(C)CC(=O)O. The van der Waals surface area contributed by atoms with Crippen LogP contribution in [0, 0.1) is 0 Å². The van der Waals surface area contributed by atoms with Gasteiger partial charge in [-0.3, -0.25) is 4.79 Å². The highest BCUT2D eigenvalue weighted by atomic mass is 16.4. The van der Waals surface area contributed by atoms with Crippen LogP contribution in [0.3, 0.4) is 0 Å². The van der Waals surface area contributed by atoms with Crippen LogP contribution in [0.1, 0.15) is 20.3 Å². The molecule has 0 radical (unpaired) electrons. The highest BCUT2D eigenvalue weighted by Crippen LogP contribution is 2.03. The quantitative estimate of drug-likeness (QED) is 0.650. The second-order valence-corrected chi connectivity index (χ2v) is 3.21. The van der Waals surface area contributed by atoms with Crippen molar-refractivity contribution in [1.82, 2.24) is 10.2 Å². The number of carbonyl (C=O) groups is 2. The average Bonchev–Trinajstić information content (AvgIpc) is 2.14. The van der Waals surface area contributed by atoms with Crippen molar-refractivity contribution in [2.75, 3.05) is 13.1 Å². The van der Waals surface area contributed by atoms with Gasteiger partial charge in [-0.2, -0.15) is 0 Å². The first-order valence-corrected chi connectivity index (χ1v) is 4.90. The molecule has 0 aliphatic rings. The maximum atomic E-state index is 11.5. The summed E-state index contributed by atoms with van der Waals surface area (Å²) in [5.74, 6) is -0.905. The summed E-state index contributed by atoms with van der Waals surface area (Å²) >= 11 is 0. The summed E-state index contributed by atoms with van der Waals surface area (Å²) in [6.45, 7) is 7.88. The summed E-state index contributed by atoms with van der Waals surface area (Å²) < 4.78 is 0. The molecule has 0 fully saturated rings. The van der Waals surface area contributed by atoms with Crippen LogP contribution in [-0.4, -0.2) is 41.1 Å². The summed E-state index contributed by atoms with van der Waals surface area (Å²) in [6.07, 6.45) is 1.53. The third-order valence-corrected chi connectivity index (χ3v) is 2.00. The van der Waals surface area contributed by atoms with Crippen molar-refractivity contribution >= 4 is 12.0 Å². The number of nitrogens with zero attached hydrogens (tertiary/aromatic N) is 1. The van der Waals surface area contributed by atoms with E-state index in [4.69, 9.17) is 5.11 Å². The third-order valence-electron chi connectivity index (χ3n) is 2.00. The number of carbonyl (C=O) groups excluding carboxylic acids is 1. The monoisotopic (exact) mass is 214 g/mol. The van der Waals surface area contributed by atoms with Crippen LogP contribution in [0.4, 0.5) is 4.79 Å². The van der Waals surface area contributed by atoms with Crippen molar-refractivity contribution in [2.45, 2.75) is 26.3 Å². The minimum absolute atomic E-state index is 0.0463. The maximum Gasteiger partial charge on any atom is 0.317 e. The van der Waals surface area contributed by atoms with E-state index >= 15 is 0 Å². The molecular weight excluding hydrogens is 196 g/mol. The van der Waals surface area contributed by atoms with Crippen molar-refractivity contribution in [3.8, 4) is 0 Å². The van der Waals surface area contributed by atoms with Crippen molar-refractivity contribution in [2.24, 2.45) is 0 Å². The lowest BCUT2D eigenvalue weighted by Gasteiger charge is -2.26. The van der Waals surface area contributed by atoms with E-state index in [-0.39, 0.29) is 18.5 Å². The van der Waals surface area contributed by atoms with E-state index in [1.807, 2.05) is 6.92 Å². The van der Waals surface area contributed by atoms with Crippen molar-refractivity contribution < 1.29 is 14.7 Å². The molecule has 0 aliphatic carbocycles. The van der Waals surface area contributed by atoms with E-state index in [9.17, 15) is 9.59 Å². The Morgan fingerprint density at radius 1 is 1.60 bits per heavy atom. The Balaban J connectivity index is 4.26. The van der Waals surface area contributed by atoms with Crippen LogP contribution in [0.15, 0.2) is 12.7 Å². The van der Waals surface area contributed by atoms with Gasteiger partial charge in [0.05, 0.1) is 6.42 Å². The Morgan fingerprint density at radius 2 is 2.20 bits per heavy atom. The molecule has 2 amide bonds. The molecule has 0 heterocycles. The lowest BCUT2D eigenvalue weighted by Crippen LogP contribution is -2.45. The zero-order valence-electron chi connectivity index (χ0n) is 9.19. The smallest absolute Gasteiger partial charge is 0.317 e.